The third-order valence-electron chi connectivity index (χ3n) is 1.68. The van der Waals surface area contributed by atoms with Crippen molar-refractivity contribution in [3.63, 3.8) is 0 Å². The van der Waals surface area contributed by atoms with Crippen LogP contribution in [0.2, 0.25) is 0 Å². The van der Waals surface area contributed by atoms with Gasteiger partial charge in [-0.15, -0.1) is 0 Å². The quantitative estimate of drug-likeness (QED) is 0.367. The molecule has 0 radical (unpaired) electrons. The second kappa shape index (κ2) is 4.80. The van der Waals surface area contributed by atoms with Crippen LogP contribution in [0.5, 0.6) is 0 Å². The highest BCUT2D eigenvalue weighted by Gasteiger charge is 2.21. The molecule has 0 N–H and O–H groups in total. The molecule has 4 nitrogen and oxygen atoms in total. The van der Waals surface area contributed by atoms with Crippen LogP contribution >= 0.6 is 31.9 Å². The fraction of sp³-hybridized carbons (Fsp3) is 0.125. The van der Waals surface area contributed by atoms with Crippen LogP contribution in [0.3, 0.4) is 0 Å². The number of benzene rings is 1. The lowest BCUT2D eigenvalue weighted by atomic mass is 10.1. The minimum atomic E-state index is -1.04. The zero-order valence-electron chi connectivity index (χ0n) is 7.17. The van der Waals surface area contributed by atoms with Crippen LogP contribution < -0.4 is 0 Å². The van der Waals surface area contributed by atoms with Crippen molar-refractivity contribution >= 4 is 43.3 Å². The molecule has 1 aromatic carbocycles. The smallest absolute Gasteiger partial charge is 0.293 e. The Kier molecular flexibility index (Phi) is 3.92. The first-order valence-electron chi connectivity index (χ1n) is 3.70. The van der Waals surface area contributed by atoms with Crippen LogP contribution in [0.15, 0.2) is 16.6 Å². The van der Waals surface area contributed by atoms with Crippen molar-refractivity contribution in [2.45, 2.75) is 0 Å². The van der Waals surface area contributed by atoms with Crippen LogP contribution in [0, 0.1) is 15.9 Å². The number of rotatable bonds is 3. The van der Waals surface area contributed by atoms with Gasteiger partial charge in [-0.05, 0) is 22.0 Å². The van der Waals surface area contributed by atoms with Crippen molar-refractivity contribution in [1.29, 1.82) is 0 Å². The van der Waals surface area contributed by atoms with Crippen LogP contribution in [0.4, 0.5) is 10.1 Å². The Morgan fingerprint density at radius 2 is 2.13 bits per heavy atom. The van der Waals surface area contributed by atoms with Crippen LogP contribution in [-0.4, -0.2) is 16.0 Å². The van der Waals surface area contributed by atoms with Crippen molar-refractivity contribution in [2.75, 3.05) is 5.33 Å². The fourth-order valence-electron chi connectivity index (χ4n) is 0.968. The van der Waals surface area contributed by atoms with Gasteiger partial charge in [0.05, 0.1) is 14.7 Å². The minimum absolute atomic E-state index is 0.0306. The number of hydrogen-bond acceptors (Lipinski definition) is 3. The van der Waals surface area contributed by atoms with E-state index in [0.717, 1.165) is 6.07 Å². The Labute approximate surface area is 101 Å². The molecule has 0 fully saturated rings. The maximum atomic E-state index is 13.4. The monoisotopic (exact) mass is 339 g/mol. The maximum Gasteiger partial charge on any atom is 0.306 e. The van der Waals surface area contributed by atoms with Gasteiger partial charge >= 0.3 is 5.69 Å². The molecule has 0 bridgehead atoms. The van der Waals surface area contributed by atoms with E-state index in [4.69, 9.17) is 0 Å². The molecule has 1 aromatic rings. The van der Waals surface area contributed by atoms with Crippen LogP contribution in [-0.2, 0) is 0 Å². The van der Waals surface area contributed by atoms with E-state index in [1.807, 2.05) is 0 Å². The topological polar surface area (TPSA) is 60.2 Å². The molecule has 15 heavy (non-hydrogen) atoms. The number of nitrogens with zero attached hydrogens (tertiary/aromatic N) is 1. The summed E-state index contributed by atoms with van der Waals surface area (Å²) in [6, 6.07) is 2.19. The lowest BCUT2D eigenvalue weighted by Crippen LogP contribution is -2.04. The molecule has 0 saturated heterocycles. The van der Waals surface area contributed by atoms with Crippen molar-refractivity contribution < 1.29 is 14.1 Å². The van der Waals surface area contributed by atoms with E-state index >= 15 is 0 Å². The number of Topliss-reactive ketones (excluding diaryl/α,β-unsaturated/α-hetero) is 1. The Morgan fingerprint density at radius 1 is 1.53 bits per heavy atom. The highest BCUT2D eigenvalue weighted by atomic mass is 79.9. The number of nitro benzene ring substituents is 1. The van der Waals surface area contributed by atoms with Crippen LogP contribution in [0.1, 0.15) is 10.4 Å². The Balaban J connectivity index is 3.33. The summed E-state index contributed by atoms with van der Waals surface area (Å²) in [5.74, 6) is -1.39. The van der Waals surface area contributed by atoms with Crippen molar-refractivity contribution in [3.05, 3.63) is 38.1 Å². The van der Waals surface area contributed by atoms with Gasteiger partial charge in [0.15, 0.2) is 5.78 Å². The molecule has 0 aliphatic rings. The summed E-state index contributed by atoms with van der Waals surface area (Å²) < 4.78 is 13.2. The highest BCUT2D eigenvalue weighted by Crippen LogP contribution is 2.28. The molecule has 0 aliphatic carbocycles. The maximum absolute atomic E-state index is 13.4. The third kappa shape index (κ3) is 2.40. The van der Waals surface area contributed by atoms with Crippen molar-refractivity contribution in [1.82, 2.24) is 0 Å². The average Bonchev–Trinajstić information content (AvgIpc) is 2.20. The molecule has 0 aromatic heterocycles. The molecule has 0 aliphatic heterocycles. The highest BCUT2D eigenvalue weighted by molar-refractivity contribution is 9.10. The standard InChI is InChI=1S/C8H4Br2FNO3/c9-3-6(13)4-1-2-5(12(14)15)8(11)7(4)10/h1-2H,3H2. The number of carbonyl (C=O) groups excluding carboxylic acids is 1. The minimum Gasteiger partial charge on any atom is -0.293 e. The molecular weight excluding hydrogens is 337 g/mol. The number of ketones is 1. The second-order valence-corrected chi connectivity index (χ2v) is 3.93. The summed E-state index contributed by atoms with van der Waals surface area (Å²) in [4.78, 5) is 20.8. The molecule has 0 amide bonds. The third-order valence-corrected chi connectivity index (χ3v) is 2.96. The van der Waals surface area contributed by atoms with Gasteiger partial charge in [0.25, 0.3) is 0 Å². The van der Waals surface area contributed by atoms with E-state index in [1.165, 1.54) is 6.07 Å². The zero-order chi connectivity index (χ0) is 11.6. The molecule has 1 rings (SSSR count). The second-order valence-electron chi connectivity index (χ2n) is 2.57. The molecule has 80 valence electrons. The van der Waals surface area contributed by atoms with Gasteiger partial charge in [-0.3, -0.25) is 14.9 Å². The van der Waals surface area contributed by atoms with Gasteiger partial charge in [-0.25, -0.2) is 0 Å². The molecule has 0 atom stereocenters. The first-order valence-corrected chi connectivity index (χ1v) is 5.62. The number of nitro groups is 1. The normalized spacial score (nSPS) is 10.1. The van der Waals surface area contributed by atoms with Crippen molar-refractivity contribution in [3.8, 4) is 0 Å². The van der Waals surface area contributed by atoms with Gasteiger partial charge in [0.1, 0.15) is 0 Å². The van der Waals surface area contributed by atoms with E-state index < -0.39 is 16.4 Å². The largest absolute Gasteiger partial charge is 0.306 e. The van der Waals surface area contributed by atoms with Crippen molar-refractivity contribution in [2.24, 2.45) is 0 Å². The Morgan fingerprint density at radius 3 is 2.60 bits per heavy atom. The molecular formula is C8H4Br2FNO3. The molecule has 7 heteroatoms. The summed E-state index contributed by atoms with van der Waals surface area (Å²) in [6.45, 7) is 0. The van der Waals surface area contributed by atoms with E-state index in [1.54, 1.807) is 0 Å². The van der Waals surface area contributed by atoms with Gasteiger partial charge < -0.3 is 0 Å². The van der Waals surface area contributed by atoms with Gasteiger partial charge in [-0.2, -0.15) is 4.39 Å². The lowest BCUT2D eigenvalue weighted by Gasteiger charge is -2.02. The summed E-state index contributed by atoms with van der Waals surface area (Å²) >= 11 is 5.75. The summed E-state index contributed by atoms with van der Waals surface area (Å²) in [5, 5.41) is 10.4. The predicted molar refractivity (Wildman–Crippen MR) is 58.9 cm³/mol. The van der Waals surface area contributed by atoms with E-state index in [9.17, 15) is 19.3 Å². The SMILES string of the molecule is O=C(CBr)c1ccc([N+](=O)[O-])c(F)c1Br. The lowest BCUT2D eigenvalue weighted by molar-refractivity contribution is -0.387. The number of alkyl halides is 1. The molecule has 0 saturated carbocycles. The number of carbonyl (C=O) groups is 1. The van der Waals surface area contributed by atoms with Crippen LogP contribution in [0.25, 0.3) is 0 Å². The first-order chi connectivity index (χ1) is 6.99. The van der Waals surface area contributed by atoms with Gasteiger partial charge in [0.2, 0.25) is 5.82 Å². The summed E-state index contributed by atoms with van der Waals surface area (Å²) in [6.07, 6.45) is 0. The number of hydrogen-bond donors (Lipinski definition) is 0. The van der Waals surface area contributed by atoms with E-state index in [2.05, 4.69) is 31.9 Å². The molecule has 0 heterocycles. The summed E-state index contributed by atoms with van der Waals surface area (Å²) in [7, 11) is 0. The Hall–Kier alpha value is -0.820. The van der Waals surface area contributed by atoms with Gasteiger partial charge in [-0.1, -0.05) is 15.9 Å². The number of halogens is 3. The Bertz CT molecular complexity index is 436. The first kappa shape index (κ1) is 12.3. The summed E-state index contributed by atoms with van der Waals surface area (Å²) in [5.41, 5.74) is -0.581. The van der Waals surface area contributed by atoms with Gasteiger partial charge in [0, 0.05) is 11.6 Å². The molecule has 0 unspecified atom stereocenters. The van der Waals surface area contributed by atoms with E-state index in [-0.39, 0.29) is 21.1 Å². The average molecular weight is 341 g/mol. The molecule has 0 spiro atoms. The predicted octanol–water partition coefficient (Wildman–Crippen LogP) is 3.07. The zero-order valence-corrected chi connectivity index (χ0v) is 10.3. The van der Waals surface area contributed by atoms with E-state index in [0.29, 0.717) is 0 Å². The fourth-order valence-corrected chi connectivity index (χ4v) is 1.83.